The summed E-state index contributed by atoms with van der Waals surface area (Å²) in [7, 11) is 0. The lowest BCUT2D eigenvalue weighted by atomic mass is 10.1. The van der Waals surface area contributed by atoms with Crippen LogP contribution in [0.1, 0.15) is 40.4 Å². The van der Waals surface area contributed by atoms with Crippen molar-refractivity contribution in [3.05, 3.63) is 74.6 Å². The highest BCUT2D eigenvalue weighted by atomic mass is 19.2. The zero-order valence-corrected chi connectivity index (χ0v) is 15.4. The minimum atomic E-state index is -1.60. The van der Waals surface area contributed by atoms with Gasteiger partial charge >= 0.3 is 5.97 Å². The maximum atomic E-state index is 15.6. The van der Waals surface area contributed by atoms with Crippen molar-refractivity contribution < 1.29 is 27.5 Å². The molecule has 2 aromatic carbocycles. The predicted octanol–water partition coefficient (Wildman–Crippen LogP) is 4.11. The van der Waals surface area contributed by atoms with E-state index in [1.165, 1.54) is 27.7 Å². The molecule has 0 atom stereocenters. The van der Waals surface area contributed by atoms with Gasteiger partial charge in [0.25, 0.3) is 0 Å². The van der Waals surface area contributed by atoms with Crippen LogP contribution in [0.2, 0.25) is 0 Å². The number of pyridine rings is 1. The van der Waals surface area contributed by atoms with E-state index in [-0.39, 0.29) is 19.1 Å². The van der Waals surface area contributed by atoms with Crippen molar-refractivity contribution >= 4 is 22.6 Å². The number of halogens is 4. The molecule has 154 valence electrons. The predicted molar refractivity (Wildman–Crippen MR) is 99.6 cm³/mol. The molecule has 1 fully saturated rings. The zero-order valence-electron chi connectivity index (χ0n) is 15.4. The number of fused-ring (bicyclic) bond motifs is 2. The van der Waals surface area contributed by atoms with E-state index in [0.717, 1.165) is 6.20 Å². The largest absolute Gasteiger partial charge is 0.477 e. The monoisotopic (exact) mass is 418 g/mol. The van der Waals surface area contributed by atoms with Crippen LogP contribution >= 0.6 is 0 Å². The molecule has 2 aliphatic rings. The second kappa shape index (κ2) is 6.32. The molecule has 1 aliphatic carbocycles. The minimum absolute atomic E-state index is 0.0350. The number of carbonyl (C=O) groups is 1. The highest BCUT2D eigenvalue weighted by molar-refractivity contribution is 5.94. The van der Waals surface area contributed by atoms with Crippen molar-refractivity contribution in [2.75, 3.05) is 4.90 Å². The van der Waals surface area contributed by atoms with Crippen molar-refractivity contribution in [3.63, 3.8) is 0 Å². The number of carboxylic acid groups (broad SMARTS) is 1. The molecule has 0 unspecified atom stereocenters. The van der Waals surface area contributed by atoms with E-state index in [2.05, 4.69) is 0 Å². The van der Waals surface area contributed by atoms with E-state index in [4.69, 9.17) is 0 Å². The fourth-order valence-corrected chi connectivity index (χ4v) is 4.07. The Hall–Kier alpha value is -3.36. The number of hydrogen-bond acceptors (Lipinski definition) is 3. The molecule has 0 bridgehead atoms. The van der Waals surface area contributed by atoms with Gasteiger partial charge in [-0.05, 0) is 36.1 Å². The molecule has 30 heavy (non-hydrogen) atoms. The lowest BCUT2D eigenvalue weighted by Gasteiger charge is -2.22. The molecule has 5 rings (SSSR count). The molecule has 0 radical (unpaired) electrons. The van der Waals surface area contributed by atoms with Crippen LogP contribution < -0.4 is 10.3 Å². The molecule has 3 aromatic rings. The number of aromatic nitrogens is 1. The Morgan fingerprint density at radius 1 is 1.00 bits per heavy atom. The second-order valence-corrected chi connectivity index (χ2v) is 7.60. The number of hydrogen-bond donors (Lipinski definition) is 1. The fraction of sp³-hybridized carbons (Fsp3) is 0.238. The topological polar surface area (TPSA) is 62.5 Å². The summed E-state index contributed by atoms with van der Waals surface area (Å²) in [6, 6.07) is 3.68. The van der Waals surface area contributed by atoms with Crippen molar-refractivity contribution in [1.29, 1.82) is 0 Å². The van der Waals surface area contributed by atoms with E-state index < -0.39 is 56.8 Å². The Morgan fingerprint density at radius 3 is 2.37 bits per heavy atom. The molecular weight excluding hydrogens is 404 g/mol. The lowest BCUT2D eigenvalue weighted by molar-refractivity contribution is 0.0694. The second-order valence-electron chi connectivity index (χ2n) is 7.60. The molecule has 0 spiro atoms. The van der Waals surface area contributed by atoms with Gasteiger partial charge in [-0.2, -0.15) is 0 Å². The molecule has 2 heterocycles. The molecule has 1 saturated carbocycles. The highest BCUT2D eigenvalue weighted by Crippen LogP contribution is 2.41. The van der Waals surface area contributed by atoms with E-state index in [9.17, 15) is 23.5 Å². The van der Waals surface area contributed by atoms with Gasteiger partial charge in [-0.3, -0.25) is 4.79 Å². The number of carboxylic acids is 1. The van der Waals surface area contributed by atoms with Gasteiger partial charge in [0.1, 0.15) is 17.1 Å². The van der Waals surface area contributed by atoms with Gasteiger partial charge in [0.2, 0.25) is 5.43 Å². The maximum Gasteiger partial charge on any atom is 0.341 e. The van der Waals surface area contributed by atoms with E-state index in [0.29, 0.717) is 24.0 Å². The summed E-state index contributed by atoms with van der Waals surface area (Å²) in [5.74, 6) is -6.40. The number of nitrogens with zero attached hydrogens (tertiary/aromatic N) is 2. The van der Waals surface area contributed by atoms with Gasteiger partial charge in [0, 0.05) is 25.3 Å². The quantitative estimate of drug-likeness (QED) is 0.514. The fourth-order valence-electron chi connectivity index (χ4n) is 4.07. The van der Waals surface area contributed by atoms with Crippen LogP contribution in [0.25, 0.3) is 10.9 Å². The molecule has 1 aromatic heterocycles. The summed E-state index contributed by atoms with van der Waals surface area (Å²) in [6.07, 6.45) is 2.18. The Labute approximate surface area is 166 Å². The average Bonchev–Trinajstić information content (AvgIpc) is 3.45. The first-order chi connectivity index (χ1) is 14.3. The minimum Gasteiger partial charge on any atom is -0.477 e. The standard InChI is InChI=1S/C21H14F4N2O3/c22-11-2-1-9-6-26(7-10(9)5-11)19-16(24)15(23)14-18(17(19)25)27(12-3-4-12)8-13(20(14)28)21(29)30/h1-2,5,8,12H,3-4,6-7H2,(H,29,30). The molecule has 1 aliphatic heterocycles. The van der Waals surface area contributed by atoms with E-state index in [1.54, 1.807) is 0 Å². The third kappa shape index (κ3) is 2.61. The van der Waals surface area contributed by atoms with Crippen LogP contribution in [0.3, 0.4) is 0 Å². The summed E-state index contributed by atoms with van der Waals surface area (Å²) < 4.78 is 60.3. The molecule has 5 nitrogen and oxygen atoms in total. The van der Waals surface area contributed by atoms with E-state index in [1.807, 2.05) is 0 Å². The zero-order chi connectivity index (χ0) is 21.3. The van der Waals surface area contributed by atoms with Crippen molar-refractivity contribution in [3.8, 4) is 0 Å². The summed E-state index contributed by atoms with van der Waals surface area (Å²) in [6.45, 7) is 0.00200. The van der Waals surface area contributed by atoms with Crippen LogP contribution in [0.15, 0.2) is 29.2 Å². The SMILES string of the molecule is O=C(O)c1cn(C2CC2)c2c(F)c(N3Cc4ccc(F)cc4C3)c(F)c(F)c2c1=O. The highest BCUT2D eigenvalue weighted by Gasteiger charge is 2.35. The van der Waals surface area contributed by atoms with Gasteiger partial charge < -0.3 is 14.6 Å². The molecule has 1 N–H and O–H groups in total. The molecule has 0 amide bonds. The van der Waals surface area contributed by atoms with Crippen molar-refractivity contribution in [2.24, 2.45) is 0 Å². The summed E-state index contributed by atoms with van der Waals surface area (Å²) in [4.78, 5) is 25.2. The van der Waals surface area contributed by atoms with Crippen LogP contribution in [0.5, 0.6) is 0 Å². The Kier molecular flexibility index (Phi) is 3.93. The first-order valence-electron chi connectivity index (χ1n) is 9.28. The van der Waals surface area contributed by atoms with Crippen molar-refractivity contribution in [1.82, 2.24) is 4.57 Å². The van der Waals surface area contributed by atoms with Crippen LogP contribution in [-0.2, 0) is 13.1 Å². The first kappa shape index (κ1) is 18.7. The number of aromatic carboxylic acids is 1. The summed E-state index contributed by atoms with van der Waals surface area (Å²) in [5, 5.41) is 8.36. The van der Waals surface area contributed by atoms with Crippen LogP contribution in [0.4, 0.5) is 23.2 Å². The average molecular weight is 418 g/mol. The molecule has 9 heteroatoms. The van der Waals surface area contributed by atoms with Gasteiger partial charge in [0.15, 0.2) is 17.5 Å². The third-order valence-electron chi connectivity index (χ3n) is 5.65. The van der Waals surface area contributed by atoms with Crippen LogP contribution in [0, 0.1) is 23.3 Å². The molecular formula is C21H14F4N2O3. The number of benzene rings is 2. The van der Waals surface area contributed by atoms with Crippen molar-refractivity contribution in [2.45, 2.75) is 32.0 Å². The number of anilines is 1. The van der Waals surface area contributed by atoms with E-state index >= 15 is 8.78 Å². The third-order valence-corrected chi connectivity index (χ3v) is 5.65. The number of rotatable bonds is 3. The summed E-state index contributed by atoms with van der Waals surface area (Å²) >= 11 is 0. The Balaban J connectivity index is 1.78. The smallest absolute Gasteiger partial charge is 0.341 e. The lowest BCUT2D eigenvalue weighted by Crippen LogP contribution is -2.24. The van der Waals surface area contributed by atoms with Crippen LogP contribution in [-0.4, -0.2) is 15.6 Å². The van der Waals surface area contributed by atoms with Gasteiger partial charge in [-0.25, -0.2) is 22.4 Å². The van der Waals surface area contributed by atoms with Gasteiger partial charge in [-0.1, -0.05) is 6.07 Å². The maximum absolute atomic E-state index is 15.6. The summed E-state index contributed by atoms with van der Waals surface area (Å²) in [5.41, 5.74) is -1.96. The van der Waals surface area contributed by atoms with Gasteiger partial charge in [-0.15, -0.1) is 0 Å². The normalized spacial score (nSPS) is 15.7. The van der Waals surface area contributed by atoms with Gasteiger partial charge in [0.05, 0.1) is 10.9 Å². The Bertz CT molecular complexity index is 1310. The first-order valence-corrected chi connectivity index (χ1v) is 9.28. The molecule has 0 saturated heterocycles. The Morgan fingerprint density at radius 2 is 1.70 bits per heavy atom.